The molecule has 4 rings (SSSR count). The van der Waals surface area contributed by atoms with Crippen molar-refractivity contribution in [1.29, 1.82) is 0 Å². The molecule has 0 N–H and O–H groups in total. The Balaban J connectivity index is 1.68. The van der Waals surface area contributed by atoms with E-state index < -0.39 is 5.41 Å². The number of hydrogen-bond acceptors (Lipinski definition) is 3. The van der Waals surface area contributed by atoms with Crippen LogP contribution in [0.2, 0.25) is 0 Å². The minimum Gasteiger partial charge on any atom is -0.496 e. The van der Waals surface area contributed by atoms with E-state index in [1.807, 2.05) is 47.5 Å². The Kier molecular flexibility index (Phi) is 4.97. The van der Waals surface area contributed by atoms with Crippen molar-refractivity contribution in [1.82, 2.24) is 9.88 Å². The molecular formula is C25H30N2O2. The van der Waals surface area contributed by atoms with Crippen LogP contribution in [0.1, 0.15) is 44.2 Å². The summed E-state index contributed by atoms with van der Waals surface area (Å²) in [7, 11) is 1.67. The first-order valence-corrected chi connectivity index (χ1v) is 10.4. The zero-order chi connectivity index (χ0) is 20.6. The fraction of sp³-hybridized carbons (Fsp3) is 0.440. The van der Waals surface area contributed by atoms with Crippen molar-refractivity contribution in [2.24, 2.45) is 16.7 Å². The maximum absolute atomic E-state index is 14.0. The number of amides is 1. The van der Waals surface area contributed by atoms with Crippen molar-refractivity contribution in [3.8, 4) is 5.75 Å². The number of hydrogen-bond donors (Lipinski definition) is 0. The van der Waals surface area contributed by atoms with Crippen molar-refractivity contribution < 1.29 is 9.53 Å². The maximum Gasteiger partial charge on any atom is 0.233 e. The first-order valence-electron chi connectivity index (χ1n) is 10.4. The molecule has 2 aliphatic rings. The van der Waals surface area contributed by atoms with E-state index in [1.165, 1.54) is 0 Å². The summed E-state index contributed by atoms with van der Waals surface area (Å²) in [5, 5.41) is 0. The third-order valence-electron chi connectivity index (χ3n) is 7.24. The Morgan fingerprint density at radius 3 is 2.69 bits per heavy atom. The maximum atomic E-state index is 14.0. The first kappa shape index (κ1) is 19.7. The van der Waals surface area contributed by atoms with E-state index >= 15 is 0 Å². The predicted molar refractivity (Wildman–Crippen MR) is 114 cm³/mol. The second kappa shape index (κ2) is 7.33. The molecule has 0 unspecified atom stereocenters. The fourth-order valence-corrected chi connectivity index (χ4v) is 5.38. The minimum atomic E-state index is -0.432. The molecule has 0 spiro atoms. The molecule has 2 fully saturated rings. The molecular weight excluding hydrogens is 360 g/mol. The number of rotatable bonds is 6. The highest BCUT2D eigenvalue weighted by atomic mass is 16.5. The van der Waals surface area contributed by atoms with Crippen molar-refractivity contribution in [3.63, 3.8) is 0 Å². The Morgan fingerprint density at radius 2 is 2.03 bits per heavy atom. The van der Waals surface area contributed by atoms with E-state index in [4.69, 9.17) is 4.74 Å². The van der Waals surface area contributed by atoms with Gasteiger partial charge in [0.05, 0.1) is 12.5 Å². The number of pyridine rings is 1. The fourth-order valence-electron chi connectivity index (χ4n) is 5.38. The number of ether oxygens (including phenoxy) is 1. The second-order valence-corrected chi connectivity index (χ2v) is 9.06. The molecule has 0 aliphatic heterocycles. The van der Waals surface area contributed by atoms with Crippen molar-refractivity contribution in [2.75, 3.05) is 7.11 Å². The van der Waals surface area contributed by atoms with Crippen LogP contribution < -0.4 is 4.74 Å². The largest absolute Gasteiger partial charge is 0.496 e. The van der Waals surface area contributed by atoms with E-state index in [0.717, 1.165) is 41.7 Å². The van der Waals surface area contributed by atoms with Crippen LogP contribution in [0.5, 0.6) is 5.75 Å². The van der Waals surface area contributed by atoms with Crippen molar-refractivity contribution in [2.45, 2.75) is 46.2 Å². The van der Waals surface area contributed by atoms with E-state index in [1.54, 1.807) is 13.3 Å². The van der Waals surface area contributed by atoms with E-state index in [2.05, 4.69) is 25.4 Å². The number of carbonyl (C=O) groups excluding carboxylic acids is 1. The number of fused-ring (bicyclic) bond motifs is 2. The van der Waals surface area contributed by atoms with Crippen LogP contribution in [0.4, 0.5) is 0 Å². The van der Waals surface area contributed by atoms with Gasteiger partial charge in [0.2, 0.25) is 5.91 Å². The summed E-state index contributed by atoms with van der Waals surface area (Å²) < 4.78 is 5.55. The van der Waals surface area contributed by atoms with Crippen LogP contribution in [0, 0.1) is 16.7 Å². The molecule has 4 heteroatoms. The van der Waals surface area contributed by atoms with Gasteiger partial charge in [0.25, 0.3) is 0 Å². The third-order valence-corrected chi connectivity index (χ3v) is 7.24. The SMILES string of the molecule is C=C1C(C)(C)[C@@H]2CC[C@@]1(C(=O)N(Cc1cccnc1)Cc1ccccc1OC)C2. The first-order chi connectivity index (χ1) is 13.9. The van der Waals surface area contributed by atoms with Crippen LogP contribution in [-0.4, -0.2) is 22.9 Å². The molecule has 2 saturated carbocycles. The number of para-hydroxylation sites is 1. The molecule has 1 heterocycles. The Hall–Kier alpha value is -2.62. The second-order valence-electron chi connectivity index (χ2n) is 9.06. The molecule has 2 atom stereocenters. The van der Waals surface area contributed by atoms with Gasteiger partial charge in [0.15, 0.2) is 0 Å². The summed E-state index contributed by atoms with van der Waals surface area (Å²) in [5.74, 6) is 1.56. The highest BCUT2D eigenvalue weighted by molar-refractivity contribution is 5.87. The summed E-state index contributed by atoms with van der Waals surface area (Å²) in [5.41, 5.74) is 2.75. The summed E-state index contributed by atoms with van der Waals surface area (Å²) in [6.45, 7) is 9.97. The summed E-state index contributed by atoms with van der Waals surface area (Å²) >= 11 is 0. The average molecular weight is 391 g/mol. The average Bonchev–Trinajstić information content (AvgIpc) is 3.27. The zero-order valence-corrected chi connectivity index (χ0v) is 17.6. The topological polar surface area (TPSA) is 42.4 Å². The molecule has 1 aromatic heterocycles. The number of methoxy groups -OCH3 is 1. The number of benzene rings is 1. The molecule has 29 heavy (non-hydrogen) atoms. The van der Waals surface area contributed by atoms with Crippen LogP contribution >= 0.6 is 0 Å². The number of aromatic nitrogens is 1. The Labute approximate surface area is 173 Å². The van der Waals surface area contributed by atoms with Gasteiger partial charge < -0.3 is 9.64 Å². The lowest BCUT2D eigenvalue weighted by Gasteiger charge is -2.40. The third kappa shape index (κ3) is 3.25. The van der Waals surface area contributed by atoms with E-state index in [9.17, 15) is 4.79 Å². The summed E-state index contributed by atoms with van der Waals surface area (Å²) in [6, 6.07) is 11.9. The Bertz CT molecular complexity index is 921. The summed E-state index contributed by atoms with van der Waals surface area (Å²) in [6.07, 6.45) is 6.54. The lowest BCUT2D eigenvalue weighted by molar-refractivity contribution is -0.141. The predicted octanol–water partition coefficient (Wildman–Crippen LogP) is 5.00. The van der Waals surface area contributed by atoms with Gasteiger partial charge in [0, 0.05) is 31.0 Å². The quantitative estimate of drug-likeness (QED) is 0.652. The zero-order valence-electron chi connectivity index (χ0n) is 17.6. The van der Waals surface area contributed by atoms with Gasteiger partial charge in [0.1, 0.15) is 5.75 Å². The lowest BCUT2D eigenvalue weighted by atomic mass is 9.68. The standard InChI is InChI=1S/C25H30N2O2/c1-18-24(2,3)21-11-12-25(18,14-21)23(28)27(16-19-8-7-13-26-15-19)17-20-9-5-6-10-22(20)29-4/h5-10,13,15,21H,1,11-12,14,16-17H2,2-4H3/t21-,25-/m1/s1. The molecule has 4 nitrogen and oxygen atoms in total. The van der Waals surface area contributed by atoms with Crippen LogP contribution in [-0.2, 0) is 17.9 Å². The molecule has 2 bridgehead atoms. The van der Waals surface area contributed by atoms with E-state index in [0.29, 0.717) is 19.0 Å². The molecule has 1 aromatic carbocycles. The molecule has 2 aliphatic carbocycles. The summed E-state index contributed by atoms with van der Waals surface area (Å²) in [4.78, 5) is 20.3. The van der Waals surface area contributed by atoms with Gasteiger partial charge >= 0.3 is 0 Å². The molecule has 2 aromatic rings. The Morgan fingerprint density at radius 1 is 1.24 bits per heavy atom. The van der Waals surface area contributed by atoms with E-state index in [-0.39, 0.29) is 11.3 Å². The van der Waals surface area contributed by atoms with Crippen molar-refractivity contribution >= 4 is 5.91 Å². The highest BCUT2D eigenvalue weighted by Crippen LogP contribution is 2.66. The molecule has 1 amide bonds. The monoisotopic (exact) mass is 390 g/mol. The van der Waals surface area contributed by atoms with Crippen LogP contribution in [0.15, 0.2) is 60.9 Å². The molecule has 152 valence electrons. The van der Waals surface area contributed by atoms with Crippen LogP contribution in [0.25, 0.3) is 0 Å². The van der Waals surface area contributed by atoms with Crippen LogP contribution in [0.3, 0.4) is 0 Å². The number of carbonyl (C=O) groups is 1. The van der Waals surface area contributed by atoms with Gasteiger partial charge in [-0.25, -0.2) is 0 Å². The molecule has 0 radical (unpaired) electrons. The number of nitrogens with zero attached hydrogens (tertiary/aromatic N) is 2. The van der Waals surface area contributed by atoms with Gasteiger partial charge in [-0.3, -0.25) is 9.78 Å². The minimum absolute atomic E-state index is 0.0261. The van der Waals surface area contributed by atoms with Gasteiger partial charge in [-0.15, -0.1) is 0 Å². The normalized spacial score (nSPS) is 24.5. The smallest absolute Gasteiger partial charge is 0.233 e. The van der Waals surface area contributed by atoms with Gasteiger partial charge in [-0.05, 0) is 48.3 Å². The lowest BCUT2D eigenvalue weighted by Crippen LogP contribution is -2.43. The van der Waals surface area contributed by atoms with Gasteiger partial charge in [-0.1, -0.05) is 50.3 Å². The molecule has 0 saturated heterocycles. The van der Waals surface area contributed by atoms with Crippen molar-refractivity contribution in [3.05, 3.63) is 72.1 Å². The van der Waals surface area contributed by atoms with Gasteiger partial charge in [-0.2, -0.15) is 0 Å². The highest BCUT2D eigenvalue weighted by Gasteiger charge is 2.61.